The molecule has 0 aliphatic heterocycles. The Morgan fingerprint density at radius 3 is 2.34 bits per heavy atom. The molecule has 3 rings (SSSR count). The monoisotopic (exact) mass is 449 g/mol. The molecule has 0 aliphatic carbocycles. The van der Waals surface area contributed by atoms with Crippen LogP contribution in [0.4, 0.5) is 11.4 Å². The van der Waals surface area contributed by atoms with Crippen molar-refractivity contribution in [2.75, 3.05) is 30.1 Å². The molecule has 9 heteroatoms. The molecular formula is C20H21Cl2N5OS. The molecule has 1 amide bonds. The van der Waals surface area contributed by atoms with Crippen LogP contribution in [0.15, 0.2) is 47.6 Å². The summed E-state index contributed by atoms with van der Waals surface area (Å²) in [7, 11) is 4.00. The summed E-state index contributed by atoms with van der Waals surface area (Å²) in [6.07, 6.45) is 0. The number of carbonyl (C=O) groups excluding carboxylic acids is 1. The molecule has 0 saturated carbocycles. The Labute approximate surface area is 184 Å². The Morgan fingerprint density at radius 2 is 1.76 bits per heavy atom. The van der Waals surface area contributed by atoms with Crippen molar-refractivity contribution in [3.63, 3.8) is 0 Å². The molecular weight excluding hydrogens is 429 g/mol. The summed E-state index contributed by atoms with van der Waals surface area (Å²) in [5, 5.41) is 13.0. The third kappa shape index (κ3) is 5.44. The zero-order valence-electron chi connectivity index (χ0n) is 16.3. The van der Waals surface area contributed by atoms with E-state index in [4.69, 9.17) is 23.2 Å². The number of nitrogens with zero attached hydrogens (tertiary/aromatic N) is 4. The maximum absolute atomic E-state index is 12.3. The molecule has 3 aromatic rings. The van der Waals surface area contributed by atoms with Crippen LogP contribution in [0.1, 0.15) is 6.92 Å². The van der Waals surface area contributed by atoms with Crippen molar-refractivity contribution in [2.45, 2.75) is 18.6 Å². The second-order valence-electron chi connectivity index (χ2n) is 6.49. The number of benzene rings is 2. The Bertz CT molecular complexity index is 984. The lowest BCUT2D eigenvalue weighted by atomic mass is 10.2. The summed E-state index contributed by atoms with van der Waals surface area (Å²) < 4.78 is 2.00. The summed E-state index contributed by atoms with van der Waals surface area (Å²) in [5.41, 5.74) is 2.66. The number of anilines is 2. The van der Waals surface area contributed by atoms with E-state index in [9.17, 15) is 4.79 Å². The molecule has 0 fully saturated rings. The summed E-state index contributed by atoms with van der Waals surface area (Å²) in [6, 6.07) is 13.1. The average molecular weight is 450 g/mol. The first-order valence-corrected chi connectivity index (χ1v) is 10.7. The van der Waals surface area contributed by atoms with Gasteiger partial charge in [-0.3, -0.25) is 4.79 Å². The first kappa shape index (κ1) is 21.5. The molecule has 2 aromatic carbocycles. The van der Waals surface area contributed by atoms with Crippen molar-refractivity contribution in [1.82, 2.24) is 14.8 Å². The van der Waals surface area contributed by atoms with Gasteiger partial charge in [-0.05, 0) is 49.4 Å². The molecule has 0 aliphatic rings. The number of rotatable bonds is 7. The maximum atomic E-state index is 12.3. The highest BCUT2D eigenvalue weighted by molar-refractivity contribution is 7.99. The third-order valence-electron chi connectivity index (χ3n) is 4.15. The fourth-order valence-electron chi connectivity index (χ4n) is 2.76. The number of hydrogen-bond acceptors (Lipinski definition) is 5. The Morgan fingerprint density at radius 1 is 1.10 bits per heavy atom. The van der Waals surface area contributed by atoms with Gasteiger partial charge in [-0.1, -0.05) is 35.0 Å². The van der Waals surface area contributed by atoms with Crippen LogP contribution >= 0.6 is 35.0 Å². The number of carbonyl (C=O) groups is 1. The van der Waals surface area contributed by atoms with Crippen molar-refractivity contribution < 1.29 is 4.79 Å². The number of nitrogens with one attached hydrogen (secondary N) is 1. The van der Waals surface area contributed by atoms with Gasteiger partial charge in [0.05, 0.1) is 5.75 Å². The Balaban J connectivity index is 1.69. The van der Waals surface area contributed by atoms with Crippen LogP contribution < -0.4 is 10.2 Å². The van der Waals surface area contributed by atoms with E-state index in [2.05, 4.69) is 15.5 Å². The van der Waals surface area contributed by atoms with Crippen LogP contribution in [0, 0.1) is 0 Å². The van der Waals surface area contributed by atoms with E-state index in [-0.39, 0.29) is 11.7 Å². The summed E-state index contributed by atoms with van der Waals surface area (Å²) >= 11 is 13.3. The van der Waals surface area contributed by atoms with Crippen LogP contribution in [-0.2, 0) is 11.3 Å². The van der Waals surface area contributed by atoms with Gasteiger partial charge in [-0.15, -0.1) is 10.2 Å². The minimum Gasteiger partial charge on any atom is -0.378 e. The van der Waals surface area contributed by atoms with E-state index in [0.29, 0.717) is 27.4 Å². The molecule has 152 valence electrons. The van der Waals surface area contributed by atoms with Crippen LogP contribution in [0.3, 0.4) is 0 Å². The van der Waals surface area contributed by atoms with Gasteiger partial charge in [-0.25, -0.2) is 0 Å². The summed E-state index contributed by atoms with van der Waals surface area (Å²) in [5.74, 6) is 0.806. The number of halogens is 2. The van der Waals surface area contributed by atoms with Crippen LogP contribution in [0.5, 0.6) is 0 Å². The van der Waals surface area contributed by atoms with Gasteiger partial charge >= 0.3 is 0 Å². The van der Waals surface area contributed by atoms with Gasteiger partial charge < -0.3 is 14.8 Å². The molecule has 0 bridgehead atoms. The van der Waals surface area contributed by atoms with Gasteiger partial charge in [0.15, 0.2) is 11.0 Å². The molecule has 29 heavy (non-hydrogen) atoms. The predicted octanol–water partition coefficient (Wildman–Crippen LogP) is 5.07. The third-order valence-corrected chi connectivity index (χ3v) is 5.56. The first-order chi connectivity index (χ1) is 13.9. The molecule has 1 heterocycles. The zero-order valence-corrected chi connectivity index (χ0v) is 18.6. The Kier molecular flexibility index (Phi) is 7.05. The fraction of sp³-hybridized carbons (Fsp3) is 0.250. The number of amides is 1. The van der Waals surface area contributed by atoms with Crippen LogP contribution in [0.25, 0.3) is 11.4 Å². The van der Waals surface area contributed by atoms with Crippen molar-refractivity contribution in [3.05, 3.63) is 52.5 Å². The fourth-order valence-corrected chi connectivity index (χ4v) is 4.08. The second kappa shape index (κ2) is 9.52. The molecule has 6 nitrogen and oxygen atoms in total. The van der Waals surface area contributed by atoms with E-state index < -0.39 is 0 Å². The molecule has 1 N–H and O–H groups in total. The quantitative estimate of drug-likeness (QED) is 0.510. The van der Waals surface area contributed by atoms with Gasteiger partial charge in [-0.2, -0.15) is 0 Å². The number of hydrogen-bond donors (Lipinski definition) is 1. The lowest BCUT2D eigenvalue weighted by molar-refractivity contribution is -0.113. The normalized spacial score (nSPS) is 10.8. The Hall–Kier alpha value is -2.22. The largest absolute Gasteiger partial charge is 0.378 e. The average Bonchev–Trinajstić information content (AvgIpc) is 3.08. The van der Waals surface area contributed by atoms with Gasteiger partial charge in [0.1, 0.15) is 0 Å². The minimum absolute atomic E-state index is 0.170. The lowest BCUT2D eigenvalue weighted by Gasteiger charge is -2.13. The topological polar surface area (TPSA) is 63.1 Å². The minimum atomic E-state index is -0.170. The van der Waals surface area contributed by atoms with Crippen LogP contribution in [0.2, 0.25) is 10.0 Å². The van der Waals surface area contributed by atoms with E-state index in [1.165, 1.54) is 11.8 Å². The van der Waals surface area contributed by atoms with Crippen molar-refractivity contribution in [2.24, 2.45) is 0 Å². The highest BCUT2D eigenvalue weighted by Crippen LogP contribution is 2.26. The predicted molar refractivity (Wildman–Crippen MR) is 121 cm³/mol. The molecule has 0 saturated heterocycles. The molecule has 0 radical (unpaired) electrons. The second-order valence-corrected chi connectivity index (χ2v) is 8.30. The summed E-state index contributed by atoms with van der Waals surface area (Å²) in [4.78, 5) is 14.3. The van der Waals surface area contributed by atoms with E-state index >= 15 is 0 Å². The van der Waals surface area contributed by atoms with Crippen LogP contribution in [-0.4, -0.2) is 40.5 Å². The standard InChI is InChI=1S/C20H21Cl2N5OS/c1-4-27-19(13-5-7-17(8-6-13)26(2)3)24-25-20(27)29-12-18(28)23-16-10-14(21)9-15(22)11-16/h5-11H,4,12H2,1-3H3,(H,23,28). The van der Waals surface area contributed by atoms with Crippen molar-refractivity contribution in [3.8, 4) is 11.4 Å². The zero-order chi connectivity index (χ0) is 21.0. The SMILES string of the molecule is CCn1c(SCC(=O)Nc2cc(Cl)cc(Cl)c2)nnc1-c1ccc(N(C)C)cc1. The number of thioether (sulfide) groups is 1. The maximum Gasteiger partial charge on any atom is 0.234 e. The van der Waals surface area contributed by atoms with Gasteiger partial charge in [0.25, 0.3) is 0 Å². The molecule has 0 atom stereocenters. The van der Waals surface area contributed by atoms with E-state index in [0.717, 1.165) is 17.1 Å². The number of aromatic nitrogens is 3. The van der Waals surface area contributed by atoms with Crippen molar-refractivity contribution >= 4 is 52.2 Å². The first-order valence-electron chi connectivity index (χ1n) is 8.97. The lowest BCUT2D eigenvalue weighted by Crippen LogP contribution is -2.14. The molecule has 1 aromatic heterocycles. The molecule has 0 spiro atoms. The van der Waals surface area contributed by atoms with E-state index in [1.54, 1.807) is 18.2 Å². The highest BCUT2D eigenvalue weighted by atomic mass is 35.5. The van der Waals surface area contributed by atoms with Gasteiger partial charge in [0, 0.05) is 47.6 Å². The van der Waals surface area contributed by atoms with E-state index in [1.807, 2.05) is 54.8 Å². The van der Waals surface area contributed by atoms with Gasteiger partial charge in [0.2, 0.25) is 5.91 Å². The molecule has 0 unspecified atom stereocenters. The summed E-state index contributed by atoms with van der Waals surface area (Å²) in [6.45, 7) is 2.73. The van der Waals surface area contributed by atoms with Crippen molar-refractivity contribution in [1.29, 1.82) is 0 Å². The highest BCUT2D eigenvalue weighted by Gasteiger charge is 2.15. The smallest absolute Gasteiger partial charge is 0.234 e.